The number of rotatable bonds is 4. The SMILES string of the molecule is CC.CC(C)CCN(C)C1CCNCC1. The van der Waals surface area contributed by atoms with Crippen molar-refractivity contribution in [3.05, 3.63) is 0 Å². The smallest absolute Gasteiger partial charge is 0.0116 e. The Hall–Kier alpha value is -0.0800. The molecule has 15 heavy (non-hydrogen) atoms. The highest BCUT2D eigenvalue weighted by atomic mass is 15.1. The minimum absolute atomic E-state index is 0.833. The van der Waals surface area contributed by atoms with Crippen LogP contribution in [0.25, 0.3) is 0 Å². The standard InChI is InChI=1S/C11H24N2.C2H6/c1-10(2)6-9-13(3)11-4-7-12-8-5-11;1-2/h10-12H,4-9H2,1-3H3;1-2H3. The van der Waals surface area contributed by atoms with E-state index in [2.05, 4.69) is 31.1 Å². The molecule has 0 bridgehead atoms. The van der Waals surface area contributed by atoms with E-state index in [4.69, 9.17) is 0 Å². The summed E-state index contributed by atoms with van der Waals surface area (Å²) in [5, 5.41) is 3.41. The van der Waals surface area contributed by atoms with Crippen molar-refractivity contribution in [2.75, 3.05) is 26.7 Å². The number of hydrogen-bond donors (Lipinski definition) is 1. The van der Waals surface area contributed by atoms with Gasteiger partial charge in [0.1, 0.15) is 0 Å². The maximum Gasteiger partial charge on any atom is 0.0116 e. The molecule has 1 rings (SSSR count). The van der Waals surface area contributed by atoms with Gasteiger partial charge in [0.2, 0.25) is 0 Å². The average Bonchev–Trinajstić information content (AvgIpc) is 2.30. The molecule has 0 aromatic rings. The molecular formula is C13H30N2. The predicted molar refractivity (Wildman–Crippen MR) is 69.3 cm³/mol. The van der Waals surface area contributed by atoms with Gasteiger partial charge in [-0.15, -0.1) is 0 Å². The van der Waals surface area contributed by atoms with E-state index in [-0.39, 0.29) is 0 Å². The summed E-state index contributed by atoms with van der Waals surface area (Å²) >= 11 is 0. The van der Waals surface area contributed by atoms with Crippen molar-refractivity contribution in [3.8, 4) is 0 Å². The molecule has 0 spiro atoms. The predicted octanol–water partition coefficient (Wildman–Crippen LogP) is 2.74. The van der Waals surface area contributed by atoms with E-state index in [0.717, 1.165) is 12.0 Å². The number of hydrogen-bond acceptors (Lipinski definition) is 2. The van der Waals surface area contributed by atoms with Crippen molar-refractivity contribution in [3.63, 3.8) is 0 Å². The fourth-order valence-corrected chi connectivity index (χ4v) is 1.89. The zero-order valence-electron chi connectivity index (χ0n) is 11.3. The van der Waals surface area contributed by atoms with E-state index in [1.807, 2.05) is 13.8 Å². The molecule has 1 aliphatic heterocycles. The van der Waals surface area contributed by atoms with Gasteiger partial charge in [-0.2, -0.15) is 0 Å². The molecule has 0 amide bonds. The van der Waals surface area contributed by atoms with Crippen molar-refractivity contribution < 1.29 is 0 Å². The Bertz CT molecular complexity index is 128. The molecule has 2 heteroatoms. The van der Waals surface area contributed by atoms with Crippen LogP contribution in [0.15, 0.2) is 0 Å². The highest BCUT2D eigenvalue weighted by molar-refractivity contribution is 4.75. The number of piperidine rings is 1. The minimum Gasteiger partial charge on any atom is -0.317 e. The Morgan fingerprint density at radius 1 is 1.20 bits per heavy atom. The zero-order chi connectivity index (χ0) is 11.7. The van der Waals surface area contributed by atoms with Crippen molar-refractivity contribution in [1.82, 2.24) is 10.2 Å². The molecule has 0 aliphatic carbocycles. The lowest BCUT2D eigenvalue weighted by Gasteiger charge is -2.31. The lowest BCUT2D eigenvalue weighted by atomic mass is 10.0. The van der Waals surface area contributed by atoms with E-state index < -0.39 is 0 Å². The van der Waals surface area contributed by atoms with Gasteiger partial charge in [0.05, 0.1) is 0 Å². The minimum atomic E-state index is 0.833. The molecule has 92 valence electrons. The van der Waals surface area contributed by atoms with Gasteiger partial charge < -0.3 is 10.2 Å². The Labute approximate surface area is 96.4 Å². The van der Waals surface area contributed by atoms with Crippen LogP contribution in [0.2, 0.25) is 0 Å². The van der Waals surface area contributed by atoms with Crippen LogP contribution in [0, 0.1) is 5.92 Å². The molecule has 0 saturated carbocycles. The zero-order valence-corrected chi connectivity index (χ0v) is 11.3. The normalized spacial score (nSPS) is 17.8. The molecule has 0 aromatic heterocycles. The van der Waals surface area contributed by atoms with Gasteiger partial charge in [0, 0.05) is 6.04 Å². The molecule has 1 N–H and O–H groups in total. The van der Waals surface area contributed by atoms with Gasteiger partial charge in [-0.3, -0.25) is 0 Å². The summed E-state index contributed by atoms with van der Waals surface area (Å²) in [7, 11) is 2.28. The van der Waals surface area contributed by atoms with Crippen LogP contribution in [0.3, 0.4) is 0 Å². The first-order valence-corrected chi connectivity index (χ1v) is 6.61. The highest BCUT2D eigenvalue weighted by Crippen LogP contribution is 2.11. The molecule has 0 unspecified atom stereocenters. The Morgan fingerprint density at radius 3 is 2.20 bits per heavy atom. The van der Waals surface area contributed by atoms with E-state index in [1.165, 1.54) is 38.9 Å². The number of nitrogens with one attached hydrogen (secondary N) is 1. The molecule has 0 aromatic carbocycles. The van der Waals surface area contributed by atoms with Crippen LogP contribution in [-0.4, -0.2) is 37.6 Å². The Kier molecular flexibility index (Phi) is 9.12. The molecule has 1 saturated heterocycles. The maximum absolute atomic E-state index is 3.41. The summed E-state index contributed by atoms with van der Waals surface area (Å²) in [6, 6.07) is 0.833. The summed E-state index contributed by atoms with van der Waals surface area (Å²) in [5.74, 6) is 0.837. The number of nitrogens with zero attached hydrogens (tertiary/aromatic N) is 1. The second-order valence-electron chi connectivity index (χ2n) is 4.64. The first kappa shape index (κ1) is 14.9. The largest absolute Gasteiger partial charge is 0.317 e. The average molecular weight is 214 g/mol. The van der Waals surface area contributed by atoms with Crippen LogP contribution >= 0.6 is 0 Å². The van der Waals surface area contributed by atoms with Crippen molar-refractivity contribution in [2.24, 2.45) is 5.92 Å². The molecular weight excluding hydrogens is 184 g/mol. The summed E-state index contributed by atoms with van der Waals surface area (Å²) in [4.78, 5) is 2.54. The third-order valence-corrected chi connectivity index (χ3v) is 2.99. The van der Waals surface area contributed by atoms with Gasteiger partial charge in [-0.25, -0.2) is 0 Å². The van der Waals surface area contributed by atoms with E-state index in [1.54, 1.807) is 0 Å². The van der Waals surface area contributed by atoms with Gasteiger partial charge in [0.15, 0.2) is 0 Å². The van der Waals surface area contributed by atoms with Crippen LogP contribution in [0.1, 0.15) is 47.0 Å². The van der Waals surface area contributed by atoms with E-state index >= 15 is 0 Å². The quantitative estimate of drug-likeness (QED) is 0.774. The first-order chi connectivity index (χ1) is 7.20. The fourth-order valence-electron chi connectivity index (χ4n) is 1.89. The molecule has 1 fully saturated rings. The van der Waals surface area contributed by atoms with Crippen LogP contribution < -0.4 is 5.32 Å². The van der Waals surface area contributed by atoms with Gasteiger partial charge >= 0.3 is 0 Å². The Balaban J connectivity index is 0.000000921. The maximum atomic E-state index is 3.41. The van der Waals surface area contributed by atoms with Crippen LogP contribution in [0.5, 0.6) is 0 Å². The summed E-state index contributed by atoms with van der Waals surface area (Å²) in [6.45, 7) is 12.3. The molecule has 2 nitrogen and oxygen atoms in total. The fraction of sp³-hybridized carbons (Fsp3) is 1.00. The van der Waals surface area contributed by atoms with Crippen molar-refractivity contribution >= 4 is 0 Å². The van der Waals surface area contributed by atoms with Gasteiger partial charge in [0.25, 0.3) is 0 Å². The molecule has 0 radical (unpaired) electrons. The van der Waals surface area contributed by atoms with E-state index in [9.17, 15) is 0 Å². The third-order valence-electron chi connectivity index (χ3n) is 2.99. The van der Waals surface area contributed by atoms with Crippen LogP contribution in [0.4, 0.5) is 0 Å². The molecule has 0 atom stereocenters. The summed E-state index contributed by atoms with van der Waals surface area (Å²) in [6.07, 6.45) is 3.99. The topological polar surface area (TPSA) is 15.3 Å². The second kappa shape index (κ2) is 9.17. The lowest BCUT2D eigenvalue weighted by Crippen LogP contribution is -2.41. The van der Waals surface area contributed by atoms with Crippen molar-refractivity contribution in [2.45, 2.75) is 53.0 Å². The second-order valence-corrected chi connectivity index (χ2v) is 4.64. The lowest BCUT2D eigenvalue weighted by molar-refractivity contribution is 0.190. The first-order valence-electron chi connectivity index (χ1n) is 6.61. The summed E-state index contributed by atoms with van der Waals surface area (Å²) < 4.78 is 0. The van der Waals surface area contributed by atoms with E-state index in [0.29, 0.717) is 0 Å². The van der Waals surface area contributed by atoms with Crippen molar-refractivity contribution in [1.29, 1.82) is 0 Å². The monoisotopic (exact) mass is 214 g/mol. The summed E-state index contributed by atoms with van der Waals surface area (Å²) in [5.41, 5.74) is 0. The molecule has 1 aliphatic rings. The highest BCUT2D eigenvalue weighted by Gasteiger charge is 2.16. The van der Waals surface area contributed by atoms with Gasteiger partial charge in [-0.05, 0) is 51.9 Å². The Morgan fingerprint density at radius 2 is 1.73 bits per heavy atom. The van der Waals surface area contributed by atoms with Crippen LogP contribution in [-0.2, 0) is 0 Å². The third kappa shape index (κ3) is 6.91. The molecule has 1 heterocycles. The van der Waals surface area contributed by atoms with Gasteiger partial charge in [-0.1, -0.05) is 27.7 Å².